The van der Waals surface area contributed by atoms with Crippen LogP contribution in [0.3, 0.4) is 0 Å². The number of nitrogens with zero attached hydrogens (tertiary/aromatic N) is 2. The molecule has 6 heteroatoms. The lowest BCUT2D eigenvalue weighted by atomic mass is 10.3. The van der Waals surface area contributed by atoms with Gasteiger partial charge in [-0.2, -0.15) is 0 Å². The van der Waals surface area contributed by atoms with Gasteiger partial charge in [-0.1, -0.05) is 6.92 Å². The number of carbonyl (C=O) groups is 2. The third-order valence-electron chi connectivity index (χ3n) is 2.63. The zero-order chi connectivity index (χ0) is 14.4. The highest BCUT2D eigenvalue weighted by atomic mass is 16.4. The minimum atomic E-state index is -1.17. The Morgan fingerprint density at radius 1 is 1.16 bits per heavy atom. The van der Waals surface area contributed by atoms with Crippen molar-refractivity contribution in [3.63, 3.8) is 0 Å². The van der Waals surface area contributed by atoms with E-state index in [4.69, 9.17) is 9.52 Å². The standard InChI is InChI=1S/C13H20N2O4/c1-4-7-15(9-8-14(2)3)12(16)10-5-6-11(19-10)13(17)18/h5-6H,4,7-9H2,1-3H3,(H,17,18). The van der Waals surface area contributed by atoms with Crippen LogP contribution in [0.1, 0.15) is 34.5 Å². The van der Waals surface area contributed by atoms with E-state index in [0.717, 1.165) is 13.0 Å². The van der Waals surface area contributed by atoms with Gasteiger partial charge in [0.05, 0.1) is 0 Å². The summed E-state index contributed by atoms with van der Waals surface area (Å²) in [6.45, 7) is 3.94. The Morgan fingerprint density at radius 3 is 2.26 bits per heavy atom. The topological polar surface area (TPSA) is 74.0 Å². The van der Waals surface area contributed by atoms with Gasteiger partial charge < -0.3 is 19.3 Å². The molecule has 19 heavy (non-hydrogen) atoms. The first-order valence-corrected chi connectivity index (χ1v) is 6.22. The third kappa shape index (κ3) is 4.40. The second-order valence-corrected chi connectivity index (χ2v) is 4.56. The highest BCUT2D eigenvalue weighted by Gasteiger charge is 2.20. The molecule has 0 fully saturated rings. The Kier molecular flexibility index (Phi) is 5.57. The lowest BCUT2D eigenvalue weighted by Crippen LogP contribution is -2.37. The molecule has 0 aliphatic heterocycles. The van der Waals surface area contributed by atoms with Crippen LogP contribution >= 0.6 is 0 Å². The summed E-state index contributed by atoms with van der Waals surface area (Å²) in [5, 5.41) is 8.77. The van der Waals surface area contributed by atoms with E-state index in [-0.39, 0.29) is 17.4 Å². The summed E-state index contributed by atoms with van der Waals surface area (Å²) in [6.07, 6.45) is 0.839. The van der Waals surface area contributed by atoms with Gasteiger partial charge in [-0.25, -0.2) is 4.79 Å². The predicted octanol–water partition coefficient (Wildman–Crippen LogP) is 1.39. The van der Waals surface area contributed by atoms with E-state index in [9.17, 15) is 9.59 Å². The van der Waals surface area contributed by atoms with E-state index in [2.05, 4.69) is 0 Å². The summed E-state index contributed by atoms with van der Waals surface area (Å²) in [5.74, 6) is -1.58. The van der Waals surface area contributed by atoms with E-state index in [1.165, 1.54) is 12.1 Å². The number of aromatic carboxylic acids is 1. The van der Waals surface area contributed by atoms with Gasteiger partial charge in [0.2, 0.25) is 5.76 Å². The van der Waals surface area contributed by atoms with Gasteiger partial charge in [-0.05, 0) is 32.6 Å². The van der Waals surface area contributed by atoms with Crippen LogP contribution in [0.4, 0.5) is 0 Å². The fourth-order valence-corrected chi connectivity index (χ4v) is 1.63. The fourth-order valence-electron chi connectivity index (χ4n) is 1.63. The first kappa shape index (κ1) is 15.2. The summed E-state index contributed by atoms with van der Waals surface area (Å²) in [4.78, 5) is 26.6. The van der Waals surface area contributed by atoms with Gasteiger partial charge in [-0.3, -0.25) is 4.79 Å². The van der Waals surface area contributed by atoms with E-state index in [1.54, 1.807) is 4.90 Å². The number of likely N-dealkylation sites (N-methyl/N-ethyl adjacent to an activating group) is 1. The van der Waals surface area contributed by atoms with Gasteiger partial charge in [0.1, 0.15) is 0 Å². The smallest absolute Gasteiger partial charge is 0.371 e. The number of rotatable bonds is 7. The average molecular weight is 268 g/mol. The highest BCUT2D eigenvalue weighted by Crippen LogP contribution is 2.11. The number of furan rings is 1. The number of hydrogen-bond donors (Lipinski definition) is 1. The SMILES string of the molecule is CCCN(CCN(C)C)C(=O)c1ccc(C(=O)O)o1. The minimum Gasteiger partial charge on any atom is -0.475 e. The van der Waals surface area contributed by atoms with Gasteiger partial charge in [0, 0.05) is 19.6 Å². The molecule has 1 aromatic rings. The molecule has 0 unspecified atom stereocenters. The van der Waals surface area contributed by atoms with Crippen molar-refractivity contribution in [2.24, 2.45) is 0 Å². The van der Waals surface area contributed by atoms with Crippen molar-refractivity contribution in [1.82, 2.24) is 9.80 Å². The van der Waals surface area contributed by atoms with Crippen LogP contribution in [-0.2, 0) is 0 Å². The van der Waals surface area contributed by atoms with E-state index < -0.39 is 5.97 Å². The van der Waals surface area contributed by atoms with Crippen molar-refractivity contribution >= 4 is 11.9 Å². The molecule has 0 atom stereocenters. The third-order valence-corrected chi connectivity index (χ3v) is 2.63. The molecule has 1 heterocycles. The molecular weight excluding hydrogens is 248 g/mol. The van der Waals surface area contributed by atoms with Crippen molar-refractivity contribution in [3.8, 4) is 0 Å². The van der Waals surface area contributed by atoms with Crippen molar-refractivity contribution in [2.45, 2.75) is 13.3 Å². The van der Waals surface area contributed by atoms with Crippen LogP contribution < -0.4 is 0 Å². The molecule has 106 valence electrons. The quantitative estimate of drug-likeness (QED) is 0.809. The van der Waals surface area contributed by atoms with Crippen LogP contribution in [0, 0.1) is 0 Å². The second-order valence-electron chi connectivity index (χ2n) is 4.56. The van der Waals surface area contributed by atoms with Crippen molar-refractivity contribution in [2.75, 3.05) is 33.7 Å². The largest absolute Gasteiger partial charge is 0.475 e. The molecule has 0 bridgehead atoms. The molecular formula is C13H20N2O4. The Bertz CT molecular complexity index is 440. The Labute approximate surface area is 112 Å². The number of amides is 1. The summed E-state index contributed by atoms with van der Waals surface area (Å²) in [5.41, 5.74) is 0. The molecule has 0 saturated carbocycles. The van der Waals surface area contributed by atoms with E-state index in [1.807, 2.05) is 25.9 Å². The second kappa shape index (κ2) is 6.94. The highest BCUT2D eigenvalue weighted by molar-refractivity contribution is 5.93. The van der Waals surface area contributed by atoms with Gasteiger partial charge in [-0.15, -0.1) is 0 Å². The fraction of sp³-hybridized carbons (Fsp3) is 0.538. The molecule has 0 radical (unpaired) electrons. The molecule has 0 saturated heterocycles. The van der Waals surface area contributed by atoms with Gasteiger partial charge in [0.25, 0.3) is 5.91 Å². The van der Waals surface area contributed by atoms with E-state index >= 15 is 0 Å². The van der Waals surface area contributed by atoms with Crippen LogP contribution in [0.2, 0.25) is 0 Å². The lowest BCUT2D eigenvalue weighted by Gasteiger charge is -2.22. The molecule has 0 aliphatic rings. The maximum atomic E-state index is 12.2. The van der Waals surface area contributed by atoms with Crippen LogP contribution in [-0.4, -0.2) is 60.5 Å². The zero-order valence-corrected chi connectivity index (χ0v) is 11.5. The van der Waals surface area contributed by atoms with Gasteiger partial charge >= 0.3 is 5.97 Å². The first-order valence-electron chi connectivity index (χ1n) is 6.22. The normalized spacial score (nSPS) is 10.7. The molecule has 1 N–H and O–H groups in total. The summed E-state index contributed by atoms with van der Waals surface area (Å²) < 4.78 is 5.04. The van der Waals surface area contributed by atoms with Crippen LogP contribution in [0.15, 0.2) is 16.5 Å². The average Bonchev–Trinajstić information content (AvgIpc) is 2.83. The number of carboxylic acid groups (broad SMARTS) is 1. The van der Waals surface area contributed by atoms with Gasteiger partial charge in [0.15, 0.2) is 5.76 Å². The van der Waals surface area contributed by atoms with Crippen LogP contribution in [0.5, 0.6) is 0 Å². The molecule has 0 spiro atoms. The summed E-state index contributed by atoms with van der Waals surface area (Å²) in [6, 6.07) is 2.70. The molecule has 0 aromatic carbocycles. The van der Waals surface area contributed by atoms with Crippen LogP contribution in [0.25, 0.3) is 0 Å². The summed E-state index contributed by atoms with van der Waals surface area (Å²) >= 11 is 0. The monoisotopic (exact) mass is 268 g/mol. The molecule has 0 aliphatic carbocycles. The first-order chi connectivity index (χ1) is 8.95. The Balaban J connectivity index is 2.76. The van der Waals surface area contributed by atoms with Crippen molar-refractivity contribution < 1.29 is 19.1 Å². The van der Waals surface area contributed by atoms with Crippen molar-refractivity contribution in [1.29, 1.82) is 0 Å². The maximum Gasteiger partial charge on any atom is 0.371 e. The van der Waals surface area contributed by atoms with Crippen molar-refractivity contribution in [3.05, 3.63) is 23.7 Å². The predicted molar refractivity (Wildman–Crippen MR) is 70.4 cm³/mol. The molecule has 1 amide bonds. The number of carbonyl (C=O) groups excluding carboxylic acids is 1. The zero-order valence-electron chi connectivity index (χ0n) is 11.5. The Hall–Kier alpha value is -1.82. The molecule has 1 rings (SSSR count). The minimum absolute atomic E-state index is 0.0737. The van der Waals surface area contributed by atoms with E-state index in [0.29, 0.717) is 13.1 Å². The maximum absolute atomic E-state index is 12.2. The number of carboxylic acids is 1. The molecule has 6 nitrogen and oxygen atoms in total. The molecule has 1 aromatic heterocycles. The lowest BCUT2D eigenvalue weighted by molar-refractivity contribution is 0.0647. The number of hydrogen-bond acceptors (Lipinski definition) is 4. The Morgan fingerprint density at radius 2 is 1.79 bits per heavy atom. The summed E-state index contributed by atoms with van der Waals surface area (Å²) in [7, 11) is 3.87.